The number of nitrogens with zero attached hydrogens (tertiary/aromatic N) is 2. The third-order valence-electron chi connectivity index (χ3n) is 3.06. The summed E-state index contributed by atoms with van der Waals surface area (Å²) in [5, 5.41) is 11.2. The molecule has 2 N–H and O–H groups in total. The van der Waals surface area contributed by atoms with E-state index in [2.05, 4.69) is 10.3 Å². The van der Waals surface area contributed by atoms with E-state index in [-0.39, 0.29) is 23.2 Å². The molecule has 2 aromatic rings. The van der Waals surface area contributed by atoms with E-state index in [9.17, 15) is 14.0 Å². The molecule has 8 heteroatoms. The summed E-state index contributed by atoms with van der Waals surface area (Å²) in [7, 11) is 1.84. The predicted octanol–water partition coefficient (Wildman–Crippen LogP) is 1.19. The minimum Gasteiger partial charge on any atom is -0.481 e. The first kappa shape index (κ1) is 16.3. The number of benzene rings is 1. The van der Waals surface area contributed by atoms with Crippen LogP contribution in [0, 0.1) is 5.82 Å². The van der Waals surface area contributed by atoms with Gasteiger partial charge in [-0.3, -0.25) is 9.59 Å². The van der Waals surface area contributed by atoms with Crippen LogP contribution in [0.5, 0.6) is 0 Å². The Kier molecular flexibility index (Phi) is 5.37. The molecule has 1 aromatic carbocycles. The number of imidazole rings is 1. The van der Waals surface area contributed by atoms with Gasteiger partial charge in [0.2, 0.25) is 5.91 Å². The standard InChI is InChI=1S/C14H16FN3O3S/c1-18-11-3-2-9(15)6-10(11)17-12(18)4-5-16-13(19)7-22-8-14(20)21/h2-3,6H,4-5,7-8H2,1H3,(H,16,19)(H,20,21). The number of amides is 1. The summed E-state index contributed by atoms with van der Waals surface area (Å²) in [6.45, 7) is 0.395. The fourth-order valence-corrected chi connectivity index (χ4v) is 2.61. The zero-order valence-corrected chi connectivity index (χ0v) is 12.8. The number of carboxylic acids is 1. The highest BCUT2D eigenvalue weighted by atomic mass is 32.2. The molecule has 0 saturated heterocycles. The zero-order valence-electron chi connectivity index (χ0n) is 12.0. The molecule has 118 valence electrons. The van der Waals surface area contributed by atoms with Crippen molar-refractivity contribution in [3.05, 3.63) is 29.8 Å². The minimum absolute atomic E-state index is 0.0935. The lowest BCUT2D eigenvalue weighted by molar-refractivity contribution is -0.133. The summed E-state index contributed by atoms with van der Waals surface area (Å²) < 4.78 is 15.0. The van der Waals surface area contributed by atoms with Crippen molar-refractivity contribution in [1.29, 1.82) is 0 Å². The van der Waals surface area contributed by atoms with Crippen LogP contribution >= 0.6 is 11.8 Å². The Morgan fingerprint density at radius 1 is 1.41 bits per heavy atom. The first-order valence-corrected chi connectivity index (χ1v) is 7.80. The molecule has 1 heterocycles. The fourth-order valence-electron chi connectivity index (χ4n) is 2.04. The summed E-state index contributed by atoms with van der Waals surface area (Å²) >= 11 is 1.05. The van der Waals surface area contributed by atoms with E-state index in [0.717, 1.165) is 23.1 Å². The van der Waals surface area contributed by atoms with Crippen LogP contribution in [-0.4, -0.2) is 44.6 Å². The molecule has 0 saturated carbocycles. The molecule has 1 amide bonds. The van der Waals surface area contributed by atoms with Crippen molar-refractivity contribution in [3.8, 4) is 0 Å². The van der Waals surface area contributed by atoms with Crippen molar-refractivity contribution in [2.24, 2.45) is 7.05 Å². The van der Waals surface area contributed by atoms with Gasteiger partial charge in [0.05, 0.1) is 22.5 Å². The number of nitrogens with one attached hydrogen (secondary N) is 1. The number of halogens is 1. The van der Waals surface area contributed by atoms with Crippen LogP contribution in [0.3, 0.4) is 0 Å². The minimum atomic E-state index is -0.940. The summed E-state index contributed by atoms with van der Waals surface area (Å²) in [4.78, 5) is 26.2. The monoisotopic (exact) mass is 325 g/mol. The van der Waals surface area contributed by atoms with Gasteiger partial charge in [0, 0.05) is 26.1 Å². The summed E-state index contributed by atoms with van der Waals surface area (Å²) in [6.07, 6.45) is 0.516. The lowest BCUT2D eigenvalue weighted by Gasteiger charge is -2.05. The first-order chi connectivity index (χ1) is 10.5. The van der Waals surface area contributed by atoms with Crippen molar-refractivity contribution >= 4 is 34.7 Å². The van der Waals surface area contributed by atoms with Crippen molar-refractivity contribution in [1.82, 2.24) is 14.9 Å². The smallest absolute Gasteiger partial charge is 0.313 e. The van der Waals surface area contributed by atoms with Crippen LogP contribution in [0.15, 0.2) is 18.2 Å². The van der Waals surface area contributed by atoms with Crippen LogP contribution in [0.2, 0.25) is 0 Å². The number of hydrogen-bond acceptors (Lipinski definition) is 4. The number of thioether (sulfide) groups is 1. The largest absolute Gasteiger partial charge is 0.481 e. The van der Waals surface area contributed by atoms with Gasteiger partial charge >= 0.3 is 5.97 Å². The number of aliphatic carboxylic acids is 1. The van der Waals surface area contributed by atoms with E-state index in [1.807, 2.05) is 11.6 Å². The zero-order chi connectivity index (χ0) is 16.1. The Bertz CT molecular complexity index is 702. The molecule has 0 aliphatic carbocycles. The molecule has 0 aliphatic rings. The fraction of sp³-hybridized carbons (Fsp3) is 0.357. The molecule has 0 radical (unpaired) electrons. The maximum Gasteiger partial charge on any atom is 0.313 e. The highest BCUT2D eigenvalue weighted by Crippen LogP contribution is 2.16. The van der Waals surface area contributed by atoms with Gasteiger partial charge in [0.1, 0.15) is 11.6 Å². The van der Waals surface area contributed by atoms with E-state index >= 15 is 0 Å². The second-order valence-corrected chi connectivity index (χ2v) is 5.69. The van der Waals surface area contributed by atoms with Crippen LogP contribution < -0.4 is 5.32 Å². The average Bonchev–Trinajstić information content (AvgIpc) is 2.74. The van der Waals surface area contributed by atoms with Crippen molar-refractivity contribution in [2.45, 2.75) is 6.42 Å². The Morgan fingerprint density at radius 3 is 2.91 bits per heavy atom. The van der Waals surface area contributed by atoms with Crippen molar-refractivity contribution < 1.29 is 19.1 Å². The second kappa shape index (κ2) is 7.26. The Balaban J connectivity index is 1.85. The lowest BCUT2D eigenvalue weighted by atomic mass is 10.3. The summed E-state index contributed by atoms with van der Waals surface area (Å²) in [5.41, 5.74) is 1.42. The number of carboxylic acid groups (broad SMARTS) is 1. The highest BCUT2D eigenvalue weighted by molar-refractivity contribution is 8.00. The van der Waals surface area contributed by atoms with Gasteiger partial charge in [-0.2, -0.15) is 0 Å². The molecular formula is C14H16FN3O3S. The number of carbonyl (C=O) groups excluding carboxylic acids is 1. The van der Waals surface area contributed by atoms with Crippen LogP contribution in [0.25, 0.3) is 11.0 Å². The van der Waals surface area contributed by atoms with E-state index in [4.69, 9.17) is 5.11 Å². The highest BCUT2D eigenvalue weighted by Gasteiger charge is 2.09. The van der Waals surface area contributed by atoms with Gasteiger partial charge in [0.25, 0.3) is 0 Å². The maximum absolute atomic E-state index is 13.2. The molecule has 0 unspecified atom stereocenters. The number of hydrogen-bond donors (Lipinski definition) is 2. The Labute approximate surface area is 130 Å². The van der Waals surface area contributed by atoms with E-state index < -0.39 is 5.97 Å². The molecule has 22 heavy (non-hydrogen) atoms. The van der Waals surface area contributed by atoms with Crippen molar-refractivity contribution in [3.63, 3.8) is 0 Å². The number of rotatable bonds is 7. The van der Waals surface area contributed by atoms with E-state index in [1.165, 1.54) is 12.1 Å². The quantitative estimate of drug-likeness (QED) is 0.799. The third kappa shape index (κ3) is 4.20. The van der Waals surface area contributed by atoms with Gasteiger partial charge in [-0.15, -0.1) is 11.8 Å². The van der Waals surface area contributed by atoms with Crippen LogP contribution in [0.4, 0.5) is 4.39 Å². The molecule has 0 atom stereocenters. The van der Waals surface area contributed by atoms with Crippen LogP contribution in [0.1, 0.15) is 5.82 Å². The number of carbonyl (C=O) groups is 2. The van der Waals surface area contributed by atoms with Gasteiger partial charge in [-0.25, -0.2) is 9.37 Å². The Hall–Kier alpha value is -2.09. The van der Waals surface area contributed by atoms with Gasteiger partial charge in [-0.05, 0) is 12.1 Å². The van der Waals surface area contributed by atoms with Gasteiger partial charge in [0.15, 0.2) is 0 Å². The molecule has 0 fully saturated rings. The Morgan fingerprint density at radius 2 is 2.18 bits per heavy atom. The average molecular weight is 325 g/mol. The van der Waals surface area contributed by atoms with Crippen molar-refractivity contribution in [2.75, 3.05) is 18.1 Å². The first-order valence-electron chi connectivity index (χ1n) is 6.64. The van der Waals surface area contributed by atoms with E-state index in [1.54, 1.807) is 6.07 Å². The molecule has 0 aliphatic heterocycles. The molecule has 0 bridgehead atoms. The topological polar surface area (TPSA) is 84.2 Å². The van der Waals surface area contributed by atoms with Gasteiger partial charge in [-0.1, -0.05) is 0 Å². The number of aromatic nitrogens is 2. The second-order valence-electron chi connectivity index (χ2n) is 4.71. The maximum atomic E-state index is 13.2. The van der Waals surface area contributed by atoms with Gasteiger partial charge < -0.3 is 15.0 Å². The molecule has 2 rings (SSSR count). The van der Waals surface area contributed by atoms with E-state index in [0.29, 0.717) is 18.5 Å². The number of fused-ring (bicyclic) bond motifs is 1. The molecule has 0 spiro atoms. The summed E-state index contributed by atoms with van der Waals surface area (Å²) in [6, 6.07) is 4.43. The SMILES string of the molecule is Cn1c(CCNC(=O)CSCC(=O)O)nc2cc(F)ccc21. The number of aryl methyl sites for hydroxylation is 1. The normalized spacial score (nSPS) is 10.8. The molecular weight excluding hydrogens is 309 g/mol. The molecule has 1 aromatic heterocycles. The third-order valence-corrected chi connectivity index (χ3v) is 3.98. The predicted molar refractivity (Wildman–Crippen MR) is 82.3 cm³/mol. The molecule has 6 nitrogen and oxygen atoms in total. The lowest BCUT2D eigenvalue weighted by Crippen LogP contribution is -2.28. The van der Waals surface area contributed by atoms with Crippen LogP contribution in [-0.2, 0) is 23.1 Å². The summed E-state index contributed by atoms with van der Waals surface area (Å²) in [5.74, 6) is -0.718.